The molecule has 0 unspecified atom stereocenters. The van der Waals surface area contributed by atoms with Crippen LogP contribution >= 0.6 is 0 Å². The number of benzene rings is 2. The zero-order chi connectivity index (χ0) is 17.8. The van der Waals surface area contributed by atoms with Crippen LogP contribution in [0.3, 0.4) is 0 Å². The van der Waals surface area contributed by atoms with Crippen molar-refractivity contribution in [3.8, 4) is 5.75 Å². The summed E-state index contributed by atoms with van der Waals surface area (Å²) in [6.07, 6.45) is 2.21. The van der Waals surface area contributed by atoms with Gasteiger partial charge in [-0.05, 0) is 30.5 Å². The topological polar surface area (TPSA) is 52.9 Å². The van der Waals surface area contributed by atoms with Gasteiger partial charge in [0.2, 0.25) is 5.91 Å². The van der Waals surface area contributed by atoms with Crippen molar-refractivity contribution < 1.29 is 9.90 Å². The van der Waals surface area contributed by atoms with E-state index in [4.69, 9.17) is 0 Å². The summed E-state index contributed by atoms with van der Waals surface area (Å²) in [5.41, 5.74) is 2.52. The van der Waals surface area contributed by atoms with E-state index >= 15 is 0 Å². The molecule has 0 aromatic heterocycles. The fourth-order valence-corrected chi connectivity index (χ4v) is 3.35. The van der Waals surface area contributed by atoms with Crippen LogP contribution in [0.1, 0.15) is 50.3 Å². The number of nitrogens with zero attached hydrogens (tertiary/aromatic N) is 2. The van der Waals surface area contributed by atoms with Gasteiger partial charge in [-0.25, -0.2) is 5.01 Å². The van der Waals surface area contributed by atoms with Crippen molar-refractivity contribution in [1.82, 2.24) is 5.01 Å². The molecule has 0 bridgehead atoms. The molecule has 25 heavy (non-hydrogen) atoms. The summed E-state index contributed by atoms with van der Waals surface area (Å²) in [5, 5.41) is 16.4. The van der Waals surface area contributed by atoms with Crippen LogP contribution < -0.4 is 0 Å². The van der Waals surface area contributed by atoms with Crippen LogP contribution in [-0.4, -0.2) is 21.7 Å². The van der Waals surface area contributed by atoms with E-state index in [-0.39, 0.29) is 23.6 Å². The average Bonchev–Trinajstić information content (AvgIpc) is 3.09. The highest BCUT2D eigenvalue weighted by Crippen LogP contribution is 2.36. The molecule has 2 aromatic rings. The van der Waals surface area contributed by atoms with E-state index in [1.54, 1.807) is 17.1 Å². The summed E-state index contributed by atoms with van der Waals surface area (Å²) in [6.45, 7) is 4.07. The fourth-order valence-electron chi connectivity index (χ4n) is 3.35. The molecule has 0 saturated carbocycles. The number of phenols is 1. The van der Waals surface area contributed by atoms with Gasteiger partial charge >= 0.3 is 0 Å². The van der Waals surface area contributed by atoms with E-state index in [1.165, 1.54) is 0 Å². The largest absolute Gasteiger partial charge is 0.507 e. The standard InChI is InChI=1S/C21H24N2O2/c1-3-15(4-2)21(25)23-19(16-10-6-5-7-11-16)14-18(22-23)17-12-8-9-13-20(17)24/h5-13,15,19,24H,3-4,14H2,1-2H3/t19-/m0/s1. The van der Waals surface area contributed by atoms with E-state index in [0.717, 1.165) is 24.1 Å². The van der Waals surface area contributed by atoms with E-state index in [1.807, 2.05) is 56.3 Å². The molecule has 0 spiro atoms. The summed E-state index contributed by atoms with van der Waals surface area (Å²) in [7, 11) is 0. The van der Waals surface area contributed by atoms with E-state index < -0.39 is 0 Å². The highest BCUT2D eigenvalue weighted by molar-refractivity contribution is 6.05. The van der Waals surface area contributed by atoms with Crippen LogP contribution in [0.5, 0.6) is 5.75 Å². The number of para-hydroxylation sites is 1. The van der Waals surface area contributed by atoms with Crippen LogP contribution in [0, 0.1) is 5.92 Å². The fraction of sp³-hybridized carbons (Fsp3) is 0.333. The van der Waals surface area contributed by atoms with Gasteiger partial charge in [-0.3, -0.25) is 4.79 Å². The summed E-state index contributed by atoms with van der Waals surface area (Å²) in [5.74, 6) is 0.229. The smallest absolute Gasteiger partial charge is 0.246 e. The Bertz CT molecular complexity index is 766. The molecule has 0 aliphatic carbocycles. The molecule has 4 heteroatoms. The van der Waals surface area contributed by atoms with Gasteiger partial charge in [0.15, 0.2) is 0 Å². The zero-order valence-corrected chi connectivity index (χ0v) is 14.7. The van der Waals surface area contributed by atoms with E-state index in [2.05, 4.69) is 5.10 Å². The highest BCUT2D eigenvalue weighted by Gasteiger charge is 2.35. The van der Waals surface area contributed by atoms with Gasteiger partial charge in [0.1, 0.15) is 5.75 Å². The first kappa shape index (κ1) is 17.2. The van der Waals surface area contributed by atoms with Crippen molar-refractivity contribution in [1.29, 1.82) is 0 Å². The van der Waals surface area contributed by atoms with Crippen LogP contribution in [0.15, 0.2) is 59.7 Å². The molecule has 0 saturated heterocycles. The molecule has 1 heterocycles. The Kier molecular flexibility index (Phi) is 5.17. The first-order valence-corrected chi connectivity index (χ1v) is 8.89. The number of carbonyl (C=O) groups excluding carboxylic acids is 1. The van der Waals surface area contributed by atoms with Gasteiger partial charge in [0.05, 0.1) is 11.8 Å². The lowest BCUT2D eigenvalue weighted by molar-refractivity contribution is -0.137. The van der Waals surface area contributed by atoms with Crippen LogP contribution in [0.4, 0.5) is 0 Å². The summed E-state index contributed by atoms with van der Waals surface area (Å²) < 4.78 is 0. The average molecular weight is 336 g/mol. The van der Waals surface area contributed by atoms with Crippen LogP contribution in [0.25, 0.3) is 0 Å². The lowest BCUT2D eigenvalue weighted by atomic mass is 9.96. The van der Waals surface area contributed by atoms with Crippen molar-refractivity contribution in [3.05, 3.63) is 65.7 Å². The van der Waals surface area contributed by atoms with Crippen molar-refractivity contribution in [2.45, 2.75) is 39.2 Å². The predicted octanol–water partition coefficient (Wildman–Crippen LogP) is 4.51. The number of carbonyl (C=O) groups is 1. The Morgan fingerprint density at radius 1 is 1.12 bits per heavy atom. The minimum atomic E-state index is -0.121. The van der Waals surface area contributed by atoms with Crippen LogP contribution in [-0.2, 0) is 4.79 Å². The Morgan fingerprint density at radius 3 is 2.40 bits per heavy atom. The molecular formula is C21H24N2O2. The van der Waals surface area contributed by atoms with E-state index in [9.17, 15) is 9.90 Å². The lowest BCUT2D eigenvalue weighted by Crippen LogP contribution is -2.32. The number of amides is 1. The summed E-state index contributed by atoms with van der Waals surface area (Å²) in [6, 6.07) is 17.0. The SMILES string of the molecule is CCC(CC)C(=O)N1N=C(c2ccccc2O)C[C@H]1c1ccccc1. The number of hydrazone groups is 1. The van der Waals surface area contributed by atoms with Gasteiger partial charge in [0, 0.05) is 17.9 Å². The van der Waals surface area contributed by atoms with Gasteiger partial charge in [-0.15, -0.1) is 0 Å². The zero-order valence-electron chi connectivity index (χ0n) is 14.7. The Balaban J connectivity index is 1.99. The van der Waals surface area contributed by atoms with Crippen molar-refractivity contribution in [3.63, 3.8) is 0 Å². The Hall–Kier alpha value is -2.62. The Labute approximate surface area is 148 Å². The maximum atomic E-state index is 13.0. The van der Waals surface area contributed by atoms with Crippen molar-refractivity contribution >= 4 is 11.6 Å². The molecule has 0 fully saturated rings. The minimum absolute atomic E-state index is 0.0290. The number of phenolic OH excluding ortho intramolecular Hbond substituents is 1. The van der Waals surface area contributed by atoms with Gasteiger partial charge in [0.25, 0.3) is 0 Å². The molecule has 1 aliphatic heterocycles. The third-order valence-electron chi connectivity index (χ3n) is 4.87. The molecule has 1 amide bonds. The second-order valence-corrected chi connectivity index (χ2v) is 6.39. The monoisotopic (exact) mass is 336 g/mol. The Morgan fingerprint density at radius 2 is 1.76 bits per heavy atom. The first-order chi connectivity index (χ1) is 12.2. The number of rotatable bonds is 5. The maximum Gasteiger partial charge on any atom is 0.246 e. The normalized spacial score (nSPS) is 17.0. The highest BCUT2D eigenvalue weighted by atomic mass is 16.3. The number of aromatic hydroxyl groups is 1. The first-order valence-electron chi connectivity index (χ1n) is 8.89. The van der Waals surface area contributed by atoms with Gasteiger partial charge in [-0.2, -0.15) is 5.10 Å². The van der Waals surface area contributed by atoms with Crippen LogP contribution in [0.2, 0.25) is 0 Å². The molecule has 1 atom stereocenters. The summed E-state index contributed by atoms with van der Waals surface area (Å²) in [4.78, 5) is 13.0. The lowest BCUT2D eigenvalue weighted by Gasteiger charge is -2.25. The second-order valence-electron chi connectivity index (χ2n) is 6.39. The van der Waals surface area contributed by atoms with Gasteiger partial charge < -0.3 is 5.11 Å². The summed E-state index contributed by atoms with van der Waals surface area (Å²) >= 11 is 0. The van der Waals surface area contributed by atoms with E-state index in [0.29, 0.717) is 12.0 Å². The maximum absolute atomic E-state index is 13.0. The van der Waals surface area contributed by atoms with Gasteiger partial charge in [-0.1, -0.05) is 56.3 Å². The number of hydrogen-bond donors (Lipinski definition) is 1. The molecule has 4 nitrogen and oxygen atoms in total. The molecule has 1 N–H and O–H groups in total. The molecule has 3 rings (SSSR count). The number of hydrogen-bond acceptors (Lipinski definition) is 3. The quantitative estimate of drug-likeness (QED) is 0.873. The predicted molar refractivity (Wildman–Crippen MR) is 99.4 cm³/mol. The van der Waals surface area contributed by atoms with Crippen molar-refractivity contribution in [2.24, 2.45) is 11.0 Å². The third kappa shape index (κ3) is 3.43. The molecule has 0 radical (unpaired) electrons. The minimum Gasteiger partial charge on any atom is -0.507 e. The second kappa shape index (κ2) is 7.51. The molecule has 1 aliphatic rings. The molecule has 130 valence electrons. The van der Waals surface area contributed by atoms with Crippen molar-refractivity contribution in [2.75, 3.05) is 0 Å². The molecular weight excluding hydrogens is 312 g/mol. The molecule has 2 aromatic carbocycles. The third-order valence-corrected chi connectivity index (χ3v) is 4.87.